The summed E-state index contributed by atoms with van der Waals surface area (Å²) in [7, 11) is 0. The number of nitrogen functional groups attached to an aromatic ring is 1. The predicted octanol–water partition coefficient (Wildman–Crippen LogP) is 3.58. The zero-order valence-corrected chi connectivity index (χ0v) is 11.9. The van der Waals surface area contributed by atoms with E-state index in [1.165, 1.54) is 37.7 Å². The molecule has 2 aliphatic rings. The molecule has 3 rings (SSSR count). The number of thioether (sulfide) groups is 1. The van der Waals surface area contributed by atoms with Crippen LogP contribution >= 0.6 is 11.8 Å². The molecule has 4 heteroatoms. The fourth-order valence-electron chi connectivity index (χ4n) is 2.89. The summed E-state index contributed by atoms with van der Waals surface area (Å²) in [6, 6.07) is 4.11. The van der Waals surface area contributed by atoms with Crippen LogP contribution in [0.4, 0.5) is 11.4 Å². The Morgan fingerprint density at radius 3 is 2.74 bits per heavy atom. The van der Waals surface area contributed by atoms with Crippen molar-refractivity contribution in [2.24, 2.45) is 0 Å². The van der Waals surface area contributed by atoms with E-state index in [1.54, 1.807) is 0 Å². The van der Waals surface area contributed by atoms with Gasteiger partial charge in [0, 0.05) is 27.9 Å². The summed E-state index contributed by atoms with van der Waals surface area (Å²) >= 11 is 1.89. The molecule has 1 fully saturated rings. The van der Waals surface area contributed by atoms with Gasteiger partial charge in [0.25, 0.3) is 0 Å². The number of fused-ring (bicyclic) bond motifs is 1. The lowest BCUT2D eigenvalue weighted by Gasteiger charge is -2.23. The van der Waals surface area contributed by atoms with Gasteiger partial charge < -0.3 is 11.1 Å². The van der Waals surface area contributed by atoms with E-state index in [9.17, 15) is 4.79 Å². The molecule has 102 valence electrons. The van der Waals surface area contributed by atoms with Crippen molar-refractivity contribution < 1.29 is 4.79 Å². The summed E-state index contributed by atoms with van der Waals surface area (Å²) in [6.07, 6.45) is 7.98. The number of aryl methyl sites for hydroxylation is 1. The maximum absolute atomic E-state index is 11.5. The van der Waals surface area contributed by atoms with Crippen molar-refractivity contribution in [3.63, 3.8) is 0 Å². The first-order chi connectivity index (χ1) is 9.22. The van der Waals surface area contributed by atoms with Crippen LogP contribution in [0.3, 0.4) is 0 Å². The number of carbonyl (C=O) groups is 1. The summed E-state index contributed by atoms with van der Waals surface area (Å²) in [6.45, 7) is 0. The van der Waals surface area contributed by atoms with Crippen LogP contribution in [0.15, 0.2) is 17.0 Å². The van der Waals surface area contributed by atoms with Gasteiger partial charge in [-0.3, -0.25) is 4.79 Å². The lowest BCUT2D eigenvalue weighted by atomic mass is 10.0. The van der Waals surface area contributed by atoms with Crippen molar-refractivity contribution in [3.05, 3.63) is 17.7 Å². The van der Waals surface area contributed by atoms with Crippen LogP contribution in [0, 0.1) is 0 Å². The highest BCUT2D eigenvalue weighted by Gasteiger charge is 2.20. The van der Waals surface area contributed by atoms with Gasteiger partial charge >= 0.3 is 0 Å². The summed E-state index contributed by atoms with van der Waals surface area (Å²) < 4.78 is 0. The number of anilines is 2. The molecule has 0 atom stereocenters. The zero-order valence-electron chi connectivity index (χ0n) is 11.1. The number of hydrogen-bond donors (Lipinski definition) is 2. The van der Waals surface area contributed by atoms with Gasteiger partial charge in [-0.2, -0.15) is 0 Å². The molecule has 3 nitrogen and oxygen atoms in total. The van der Waals surface area contributed by atoms with Crippen LogP contribution in [0.2, 0.25) is 0 Å². The van der Waals surface area contributed by atoms with Crippen molar-refractivity contribution in [2.45, 2.75) is 55.1 Å². The molecule has 0 unspecified atom stereocenters. The first-order valence-electron chi connectivity index (χ1n) is 7.11. The normalized spacial score (nSPS) is 19.9. The van der Waals surface area contributed by atoms with Crippen LogP contribution in [0.5, 0.6) is 0 Å². The Bertz CT molecular complexity index is 495. The van der Waals surface area contributed by atoms with Crippen LogP contribution in [-0.2, 0) is 11.2 Å². The average Bonchev–Trinajstić information content (AvgIpc) is 2.41. The minimum absolute atomic E-state index is 0.117. The molecule has 0 saturated heterocycles. The molecule has 1 heterocycles. The lowest BCUT2D eigenvalue weighted by molar-refractivity contribution is -0.116. The number of hydrogen-bond acceptors (Lipinski definition) is 3. The van der Waals surface area contributed by atoms with Crippen LogP contribution < -0.4 is 11.1 Å². The van der Waals surface area contributed by atoms with E-state index in [1.807, 2.05) is 17.8 Å². The van der Waals surface area contributed by atoms with Gasteiger partial charge in [-0.25, -0.2) is 0 Å². The fourth-order valence-corrected chi connectivity index (χ4v) is 4.20. The van der Waals surface area contributed by atoms with Gasteiger partial charge in [-0.1, -0.05) is 19.3 Å². The standard InChI is InChI=1S/C15H20N2OS/c16-12-8-10-6-7-15(18)17-13(10)9-14(12)19-11-4-2-1-3-5-11/h8-9,11H,1-7,16H2,(H,17,18). The zero-order chi connectivity index (χ0) is 13.2. The second kappa shape index (κ2) is 5.45. The highest BCUT2D eigenvalue weighted by molar-refractivity contribution is 8.00. The van der Waals surface area contributed by atoms with Gasteiger partial charge in [0.2, 0.25) is 5.91 Å². The van der Waals surface area contributed by atoms with Crippen LogP contribution in [0.25, 0.3) is 0 Å². The third kappa shape index (κ3) is 2.89. The molecular weight excluding hydrogens is 256 g/mol. The molecule has 1 aliphatic carbocycles. The number of rotatable bonds is 2. The molecule has 0 bridgehead atoms. The van der Waals surface area contributed by atoms with Crippen molar-refractivity contribution in [3.8, 4) is 0 Å². The summed E-state index contributed by atoms with van der Waals surface area (Å²) in [5.74, 6) is 0.117. The molecule has 19 heavy (non-hydrogen) atoms. The molecule has 0 aromatic heterocycles. The molecular formula is C15H20N2OS. The number of nitrogens with one attached hydrogen (secondary N) is 1. The van der Waals surface area contributed by atoms with Crippen molar-refractivity contribution in [2.75, 3.05) is 11.1 Å². The number of nitrogens with two attached hydrogens (primary N) is 1. The SMILES string of the molecule is Nc1cc2c(cc1SC1CCCCC1)NC(=O)CC2. The predicted molar refractivity (Wildman–Crippen MR) is 80.5 cm³/mol. The molecule has 1 aromatic carbocycles. The van der Waals surface area contributed by atoms with Crippen molar-refractivity contribution in [1.82, 2.24) is 0 Å². The summed E-state index contributed by atoms with van der Waals surface area (Å²) in [5.41, 5.74) is 9.16. The first kappa shape index (κ1) is 12.9. The number of benzene rings is 1. The number of amides is 1. The molecule has 1 aliphatic heterocycles. The molecule has 1 amide bonds. The van der Waals surface area contributed by atoms with E-state index in [-0.39, 0.29) is 5.91 Å². The Kier molecular flexibility index (Phi) is 3.69. The Morgan fingerprint density at radius 2 is 1.95 bits per heavy atom. The Morgan fingerprint density at radius 1 is 1.16 bits per heavy atom. The Hall–Kier alpha value is -1.16. The molecule has 0 radical (unpaired) electrons. The largest absolute Gasteiger partial charge is 0.398 e. The third-order valence-electron chi connectivity index (χ3n) is 3.98. The van der Waals surface area contributed by atoms with Crippen LogP contribution in [-0.4, -0.2) is 11.2 Å². The third-order valence-corrected chi connectivity index (χ3v) is 5.39. The summed E-state index contributed by atoms with van der Waals surface area (Å²) in [5, 5.41) is 3.65. The maximum atomic E-state index is 11.5. The average molecular weight is 276 g/mol. The maximum Gasteiger partial charge on any atom is 0.224 e. The highest BCUT2D eigenvalue weighted by atomic mass is 32.2. The van der Waals surface area contributed by atoms with E-state index in [4.69, 9.17) is 5.73 Å². The van der Waals surface area contributed by atoms with Gasteiger partial charge in [-0.15, -0.1) is 11.8 Å². The summed E-state index contributed by atoms with van der Waals surface area (Å²) in [4.78, 5) is 12.6. The smallest absolute Gasteiger partial charge is 0.224 e. The van der Waals surface area contributed by atoms with Crippen LogP contribution in [0.1, 0.15) is 44.1 Å². The fraction of sp³-hybridized carbons (Fsp3) is 0.533. The van der Waals surface area contributed by atoms with E-state index in [0.29, 0.717) is 11.7 Å². The van der Waals surface area contributed by atoms with E-state index in [2.05, 4.69) is 11.4 Å². The second-order valence-corrected chi connectivity index (χ2v) is 6.82. The quantitative estimate of drug-likeness (QED) is 0.812. The molecule has 3 N–H and O–H groups in total. The Balaban J connectivity index is 1.80. The lowest BCUT2D eigenvalue weighted by Crippen LogP contribution is -2.19. The van der Waals surface area contributed by atoms with Gasteiger partial charge in [0.15, 0.2) is 0 Å². The van der Waals surface area contributed by atoms with Gasteiger partial charge in [0.05, 0.1) is 0 Å². The van der Waals surface area contributed by atoms with E-state index < -0.39 is 0 Å². The molecule has 1 saturated carbocycles. The minimum Gasteiger partial charge on any atom is -0.398 e. The highest BCUT2D eigenvalue weighted by Crippen LogP contribution is 2.39. The van der Waals surface area contributed by atoms with Gasteiger partial charge in [0.1, 0.15) is 0 Å². The van der Waals surface area contributed by atoms with E-state index >= 15 is 0 Å². The molecule has 0 spiro atoms. The number of carbonyl (C=O) groups excluding carboxylic acids is 1. The molecule has 1 aromatic rings. The van der Waals surface area contributed by atoms with Gasteiger partial charge in [-0.05, 0) is 37.0 Å². The topological polar surface area (TPSA) is 55.1 Å². The monoisotopic (exact) mass is 276 g/mol. The van der Waals surface area contributed by atoms with Crippen molar-refractivity contribution >= 4 is 29.0 Å². The Labute approximate surface area is 118 Å². The minimum atomic E-state index is 0.117. The van der Waals surface area contributed by atoms with Crippen molar-refractivity contribution in [1.29, 1.82) is 0 Å². The second-order valence-electron chi connectivity index (χ2n) is 5.47. The van der Waals surface area contributed by atoms with E-state index in [0.717, 1.165) is 22.7 Å². The first-order valence-corrected chi connectivity index (χ1v) is 7.99.